The van der Waals surface area contributed by atoms with E-state index in [0.29, 0.717) is 55.0 Å². The summed E-state index contributed by atoms with van der Waals surface area (Å²) in [5.41, 5.74) is 4.70. The van der Waals surface area contributed by atoms with Gasteiger partial charge in [0.05, 0.1) is 42.6 Å². The minimum absolute atomic E-state index is 0.0640. The van der Waals surface area contributed by atoms with E-state index in [-0.39, 0.29) is 29.8 Å². The third kappa shape index (κ3) is 8.55. The predicted molar refractivity (Wildman–Crippen MR) is 210 cm³/mol. The number of benzene rings is 3. The van der Waals surface area contributed by atoms with Gasteiger partial charge < -0.3 is 40.0 Å². The van der Waals surface area contributed by atoms with Crippen molar-refractivity contribution in [3.05, 3.63) is 66.0 Å². The van der Waals surface area contributed by atoms with Crippen molar-refractivity contribution in [1.29, 1.82) is 0 Å². The molecule has 3 amide bonds. The number of hydrogen-bond acceptors (Lipinski definition) is 9. The van der Waals surface area contributed by atoms with Crippen molar-refractivity contribution in [3.8, 4) is 34.1 Å². The first-order valence-electron chi connectivity index (χ1n) is 19.4. The molecular formula is C42H51N7O6. The van der Waals surface area contributed by atoms with Crippen LogP contribution in [0.3, 0.4) is 0 Å². The lowest BCUT2D eigenvalue weighted by Crippen LogP contribution is -2.51. The highest BCUT2D eigenvalue weighted by Crippen LogP contribution is 2.47. The van der Waals surface area contributed by atoms with Crippen molar-refractivity contribution in [2.45, 2.75) is 84.3 Å². The molecule has 4 heterocycles. The van der Waals surface area contributed by atoms with Gasteiger partial charge in [0.25, 0.3) is 0 Å². The van der Waals surface area contributed by atoms with Crippen LogP contribution in [-0.4, -0.2) is 71.4 Å². The van der Waals surface area contributed by atoms with Crippen LogP contribution < -0.4 is 25.4 Å². The number of aliphatic imine (C=N–C) groups is 1. The minimum atomic E-state index is -0.691. The predicted octanol–water partition coefficient (Wildman–Crippen LogP) is 7.55. The van der Waals surface area contributed by atoms with E-state index < -0.39 is 12.1 Å². The number of imidazole rings is 1. The fourth-order valence-corrected chi connectivity index (χ4v) is 7.48. The number of unbranched alkanes of at least 4 members (excludes halogenated alkanes) is 1. The van der Waals surface area contributed by atoms with Gasteiger partial charge in [0.2, 0.25) is 11.8 Å². The summed E-state index contributed by atoms with van der Waals surface area (Å²) in [6.45, 7) is 9.85. The zero-order valence-corrected chi connectivity index (χ0v) is 32.2. The van der Waals surface area contributed by atoms with E-state index in [9.17, 15) is 14.4 Å². The van der Waals surface area contributed by atoms with E-state index in [1.54, 1.807) is 0 Å². The van der Waals surface area contributed by atoms with Crippen molar-refractivity contribution in [2.75, 3.05) is 26.7 Å². The Morgan fingerprint density at radius 1 is 0.945 bits per heavy atom. The molecule has 3 aliphatic rings. The van der Waals surface area contributed by atoms with E-state index in [1.807, 2.05) is 75.1 Å². The number of fused-ring (bicyclic) bond motifs is 3. The second-order valence-corrected chi connectivity index (χ2v) is 15.4. The number of aromatic amines is 1. The van der Waals surface area contributed by atoms with E-state index in [1.165, 1.54) is 7.11 Å². The van der Waals surface area contributed by atoms with Crippen molar-refractivity contribution in [3.63, 3.8) is 0 Å². The van der Waals surface area contributed by atoms with Gasteiger partial charge in [-0.25, -0.2) is 9.78 Å². The Morgan fingerprint density at radius 2 is 1.69 bits per heavy atom. The number of ether oxygens (including phenoxy) is 3. The van der Waals surface area contributed by atoms with Gasteiger partial charge in [0.1, 0.15) is 11.9 Å². The highest BCUT2D eigenvalue weighted by Gasteiger charge is 2.37. The number of aromatic nitrogens is 2. The smallest absolute Gasteiger partial charge is 0.407 e. The first-order valence-corrected chi connectivity index (χ1v) is 19.4. The number of methoxy groups -OCH3 is 1. The average molecular weight is 750 g/mol. The maximum Gasteiger partial charge on any atom is 0.407 e. The standard InChI is InChI=1S/C42H51N7O6/c1-24(2)19-38(50)43-17-7-6-10-37-44-23-31(45-37)28-13-16-34-36(22-28)55-33-15-12-27(21-35(33)54-34)26-11-14-29-30(20-26)47-40(46-29)32-9-8-18-49(32)41(51)39(25(3)4)48-42(52)53-5/h11-16,20-22,24-25,31-32,39H,6-10,17-19,23H2,1-5H3,(H,43,50)(H,44,45)(H,46,47)(H,48,52)/t31?,32-,39-/m0/s1. The number of rotatable bonds is 13. The second-order valence-electron chi connectivity index (χ2n) is 15.4. The van der Waals surface area contributed by atoms with Crippen molar-refractivity contribution in [1.82, 2.24) is 30.8 Å². The molecule has 0 spiro atoms. The summed E-state index contributed by atoms with van der Waals surface area (Å²) >= 11 is 0. The number of carbonyl (C=O) groups is 3. The largest absolute Gasteiger partial charge is 0.453 e. The maximum absolute atomic E-state index is 13.6. The number of alkyl carbamates (subject to hydrolysis) is 1. The summed E-state index contributed by atoms with van der Waals surface area (Å²) in [6.07, 6.45) is 4.29. The first kappa shape index (κ1) is 37.7. The Kier molecular flexibility index (Phi) is 11.3. The van der Waals surface area contributed by atoms with Crippen LogP contribution in [0.15, 0.2) is 59.6 Å². The van der Waals surface area contributed by atoms with Crippen LogP contribution >= 0.6 is 0 Å². The Balaban J connectivity index is 0.972. The summed E-state index contributed by atoms with van der Waals surface area (Å²) in [5.74, 6) is 4.55. The fraction of sp³-hybridized carbons (Fsp3) is 0.452. The molecule has 3 atom stereocenters. The van der Waals surface area contributed by atoms with Crippen molar-refractivity contribution in [2.24, 2.45) is 16.8 Å². The monoisotopic (exact) mass is 749 g/mol. The van der Waals surface area contributed by atoms with Gasteiger partial charge in [0.15, 0.2) is 23.0 Å². The molecule has 0 saturated carbocycles. The van der Waals surface area contributed by atoms with Crippen LogP contribution in [0.1, 0.15) is 89.7 Å². The number of nitrogens with one attached hydrogen (secondary N) is 4. The van der Waals surface area contributed by atoms with Crippen LogP contribution in [0.4, 0.5) is 4.79 Å². The van der Waals surface area contributed by atoms with E-state index in [2.05, 4.69) is 33.1 Å². The quantitative estimate of drug-likeness (QED) is 0.0899. The first-order chi connectivity index (χ1) is 26.6. The third-order valence-corrected chi connectivity index (χ3v) is 10.4. The van der Waals surface area contributed by atoms with Crippen molar-refractivity contribution >= 4 is 34.8 Å². The highest BCUT2D eigenvalue weighted by molar-refractivity contribution is 5.87. The molecule has 0 radical (unpaired) electrons. The molecule has 4 aromatic rings. The molecule has 1 aromatic heterocycles. The van der Waals surface area contributed by atoms with Crippen LogP contribution in [0.25, 0.3) is 22.2 Å². The number of amides is 3. The number of likely N-dealkylation sites (tertiary alicyclic amines) is 1. The zero-order chi connectivity index (χ0) is 38.6. The Labute approximate surface area is 321 Å². The normalized spacial score (nSPS) is 17.9. The lowest BCUT2D eigenvalue weighted by molar-refractivity contribution is -0.135. The summed E-state index contributed by atoms with van der Waals surface area (Å²) < 4.78 is 17.5. The molecule has 1 saturated heterocycles. The lowest BCUT2D eigenvalue weighted by Gasteiger charge is -2.29. The number of nitrogens with zero attached hydrogens (tertiary/aromatic N) is 3. The van der Waals surface area contributed by atoms with Gasteiger partial charge in [0, 0.05) is 25.9 Å². The van der Waals surface area contributed by atoms with Crippen LogP contribution in [0.5, 0.6) is 23.0 Å². The molecule has 13 nitrogen and oxygen atoms in total. The molecule has 1 fully saturated rings. The molecule has 1 unspecified atom stereocenters. The molecule has 3 aromatic carbocycles. The van der Waals surface area contributed by atoms with E-state index in [4.69, 9.17) is 24.2 Å². The summed E-state index contributed by atoms with van der Waals surface area (Å²) in [4.78, 5) is 52.4. The second kappa shape index (κ2) is 16.4. The van der Waals surface area contributed by atoms with Crippen molar-refractivity contribution < 1.29 is 28.6 Å². The molecule has 55 heavy (non-hydrogen) atoms. The molecule has 4 N–H and O–H groups in total. The average Bonchev–Trinajstić information content (AvgIpc) is 3.95. The van der Waals surface area contributed by atoms with Gasteiger partial charge in [-0.2, -0.15) is 0 Å². The van der Waals surface area contributed by atoms with Gasteiger partial charge >= 0.3 is 6.09 Å². The Bertz CT molecular complexity index is 2090. The van der Waals surface area contributed by atoms with Crippen LogP contribution in [0, 0.1) is 11.8 Å². The Hall–Kier alpha value is -5.59. The van der Waals surface area contributed by atoms with Crippen LogP contribution in [-0.2, 0) is 14.3 Å². The molecule has 0 bridgehead atoms. The molecule has 290 valence electrons. The highest BCUT2D eigenvalue weighted by atomic mass is 16.6. The number of carbonyl (C=O) groups excluding carboxylic acids is 3. The van der Waals surface area contributed by atoms with E-state index in [0.717, 1.165) is 71.5 Å². The molecular weight excluding hydrogens is 699 g/mol. The summed E-state index contributed by atoms with van der Waals surface area (Å²) in [6, 6.07) is 17.2. The third-order valence-electron chi connectivity index (χ3n) is 10.4. The van der Waals surface area contributed by atoms with Gasteiger partial charge in [-0.1, -0.05) is 45.9 Å². The number of H-pyrrole nitrogens is 1. The van der Waals surface area contributed by atoms with Gasteiger partial charge in [-0.15, -0.1) is 0 Å². The Morgan fingerprint density at radius 3 is 2.45 bits per heavy atom. The summed E-state index contributed by atoms with van der Waals surface area (Å²) in [7, 11) is 1.29. The fourth-order valence-electron chi connectivity index (χ4n) is 7.48. The molecule has 0 aliphatic carbocycles. The van der Waals surface area contributed by atoms with Crippen LogP contribution in [0.2, 0.25) is 0 Å². The molecule has 3 aliphatic heterocycles. The molecule has 7 rings (SSSR count). The van der Waals surface area contributed by atoms with Gasteiger partial charge in [-0.05, 0) is 90.6 Å². The topological polar surface area (TPSA) is 159 Å². The summed E-state index contributed by atoms with van der Waals surface area (Å²) in [5, 5.41) is 9.27. The van der Waals surface area contributed by atoms with Gasteiger partial charge in [-0.3, -0.25) is 14.6 Å². The lowest BCUT2D eigenvalue weighted by atomic mass is 10.0. The number of hydrogen-bond donors (Lipinski definition) is 4. The van der Waals surface area contributed by atoms with E-state index >= 15 is 0 Å². The number of amidine groups is 1. The molecule has 13 heteroatoms. The SMILES string of the molecule is COC(=O)N[C@H](C(=O)N1CCC[C@H]1c1nc2ccc(-c3ccc4c(c3)Oc3ccc(C5CN=C(CCCCNC(=O)CC(C)C)N5)cc3O4)cc2[nH]1)C(C)C. The maximum atomic E-state index is 13.6. The minimum Gasteiger partial charge on any atom is -0.453 e. The zero-order valence-electron chi connectivity index (χ0n) is 32.2.